The van der Waals surface area contributed by atoms with E-state index in [1.807, 2.05) is 20.8 Å². The van der Waals surface area contributed by atoms with Crippen LogP contribution in [0.3, 0.4) is 0 Å². The van der Waals surface area contributed by atoms with Crippen molar-refractivity contribution in [2.75, 3.05) is 13.7 Å². The minimum absolute atomic E-state index is 0.0150. The minimum Gasteiger partial charge on any atom is -0.459 e. The molecule has 0 aromatic heterocycles. The molecule has 3 rings (SSSR count). The average Bonchev–Trinajstić information content (AvgIpc) is 2.77. The van der Waals surface area contributed by atoms with Gasteiger partial charge in [-0.3, -0.25) is 4.79 Å². The third-order valence-corrected chi connectivity index (χ3v) is 6.86. The van der Waals surface area contributed by atoms with Crippen LogP contribution < -0.4 is 0 Å². The van der Waals surface area contributed by atoms with Gasteiger partial charge in [0, 0.05) is 24.0 Å². The van der Waals surface area contributed by atoms with Crippen LogP contribution in [-0.2, 0) is 34.4 Å². The van der Waals surface area contributed by atoms with Gasteiger partial charge < -0.3 is 9.47 Å². The first-order valence-electron chi connectivity index (χ1n) is 10.9. The van der Waals surface area contributed by atoms with Gasteiger partial charge in [-0.1, -0.05) is 44.2 Å². The van der Waals surface area contributed by atoms with Crippen LogP contribution in [0.15, 0.2) is 54.1 Å². The van der Waals surface area contributed by atoms with Crippen LogP contribution in [0.1, 0.15) is 39.7 Å². The second kappa shape index (κ2) is 9.28. The van der Waals surface area contributed by atoms with Gasteiger partial charge in [-0.25, -0.2) is 14.6 Å². The second-order valence-corrected chi connectivity index (χ2v) is 9.36. The Labute approximate surface area is 196 Å². The van der Waals surface area contributed by atoms with Gasteiger partial charge in [0.15, 0.2) is 5.78 Å². The number of esters is 1. The number of allylic oxidation sites excluding steroid dienone is 1. The standard InChI is InChI=1S/C25H29F3O6/c1-16(18-15-19-22(2,3)20(29)11-13-23(19,4)34-33-18)12-14-32-21(30)24(31-5,25(26,27)28)17-9-7-6-8-10-17/h6-13,18-19H,14-15H2,1-5H3/b16-12+/t18-,19+,23+,24-/m1/s1. The lowest BCUT2D eigenvalue weighted by atomic mass is 9.62. The van der Waals surface area contributed by atoms with E-state index in [2.05, 4.69) is 0 Å². The van der Waals surface area contributed by atoms with Gasteiger partial charge in [0.25, 0.3) is 5.60 Å². The van der Waals surface area contributed by atoms with Crippen LogP contribution in [0.5, 0.6) is 0 Å². The molecule has 1 aliphatic heterocycles. The molecule has 1 aliphatic carbocycles. The predicted octanol–water partition coefficient (Wildman–Crippen LogP) is 4.84. The minimum atomic E-state index is -5.05. The SMILES string of the molecule is CO[C@@](C(=O)OC/C=C(\C)[C@H]1C[C@H]2C(C)(C)C(=O)C=C[C@]2(C)OO1)(c1ccccc1)C(F)(F)F. The van der Waals surface area contributed by atoms with Crippen molar-refractivity contribution >= 4 is 11.8 Å². The molecule has 6 nitrogen and oxygen atoms in total. The number of ketones is 1. The summed E-state index contributed by atoms with van der Waals surface area (Å²) in [6, 6.07) is 6.61. The average molecular weight is 482 g/mol. The fourth-order valence-electron chi connectivity index (χ4n) is 4.62. The van der Waals surface area contributed by atoms with E-state index in [1.54, 1.807) is 13.0 Å². The first-order valence-corrected chi connectivity index (χ1v) is 10.9. The smallest absolute Gasteiger partial charge is 0.432 e. The maximum Gasteiger partial charge on any atom is 0.432 e. The topological polar surface area (TPSA) is 71.1 Å². The molecule has 1 saturated heterocycles. The molecule has 0 unspecified atom stereocenters. The lowest BCUT2D eigenvalue weighted by Crippen LogP contribution is -2.55. The summed E-state index contributed by atoms with van der Waals surface area (Å²) in [7, 11) is 0.814. The predicted molar refractivity (Wildman–Crippen MR) is 116 cm³/mol. The molecular formula is C25H29F3O6. The van der Waals surface area contributed by atoms with Gasteiger partial charge in [0.05, 0.1) is 0 Å². The highest BCUT2D eigenvalue weighted by Gasteiger charge is 2.64. The third-order valence-electron chi connectivity index (χ3n) is 6.86. The van der Waals surface area contributed by atoms with Crippen LogP contribution in [0.4, 0.5) is 13.2 Å². The Morgan fingerprint density at radius 2 is 1.85 bits per heavy atom. The summed E-state index contributed by atoms with van der Waals surface area (Å²) in [4.78, 5) is 36.2. The highest BCUT2D eigenvalue weighted by Crippen LogP contribution is 2.49. The van der Waals surface area contributed by atoms with Gasteiger partial charge in [0.1, 0.15) is 18.3 Å². The molecule has 0 saturated carbocycles. The number of carbonyl (C=O) groups is 2. The Kier molecular flexibility index (Phi) is 7.13. The van der Waals surface area contributed by atoms with Crippen molar-refractivity contribution in [2.24, 2.45) is 11.3 Å². The maximum absolute atomic E-state index is 14.0. The van der Waals surface area contributed by atoms with Gasteiger partial charge in [-0.15, -0.1) is 0 Å². The monoisotopic (exact) mass is 482 g/mol. The number of benzene rings is 1. The summed E-state index contributed by atoms with van der Waals surface area (Å²) >= 11 is 0. The normalized spacial score (nSPS) is 28.7. The van der Waals surface area contributed by atoms with Crippen molar-refractivity contribution < 1.29 is 42.0 Å². The van der Waals surface area contributed by atoms with Crippen molar-refractivity contribution in [1.82, 2.24) is 0 Å². The first-order chi connectivity index (χ1) is 15.8. The molecule has 1 aromatic rings. The summed E-state index contributed by atoms with van der Waals surface area (Å²) in [6.45, 7) is 6.80. The molecule has 0 amide bonds. The molecule has 1 fully saturated rings. The summed E-state index contributed by atoms with van der Waals surface area (Å²) in [5.41, 5.74) is -4.49. The molecule has 1 heterocycles. The highest BCUT2D eigenvalue weighted by molar-refractivity contribution is 5.96. The van der Waals surface area contributed by atoms with E-state index in [0.29, 0.717) is 12.0 Å². The van der Waals surface area contributed by atoms with Gasteiger partial charge in [-0.2, -0.15) is 13.2 Å². The molecule has 2 aliphatic rings. The molecule has 0 spiro atoms. The van der Waals surface area contributed by atoms with Crippen LogP contribution in [-0.4, -0.2) is 43.4 Å². The lowest BCUT2D eigenvalue weighted by Gasteiger charge is -2.49. The molecule has 9 heteroatoms. The molecule has 0 radical (unpaired) electrons. The number of methoxy groups -OCH3 is 1. The van der Waals surface area contributed by atoms with Crippen LogP contribution >= 0.6 is 0 Å². The first kappa shape index (κ1) is 26.1. The zero-order chi connectivity index (χ0) is 25.4. The van der Waals surface area contributed by atoms with E-state index in [4.69, 9.17) is 19.2 Å². The Morgan fingerprint density at radius 1 is 1.21 bits per heavy atom. The molecule has 0 N–H and O–H groups in total. The van der Waals surface area contributed by atoms with Crippen molar-refractivity contribution in [1.29, 1.82) is 0 Å². The number of hydrogen-bond acceptors (Lipinski definition) is 6. The molecule has 186 valence electrons. The van der Waals surface area contributed by atoms with Crippen LogP contribution in [0, 0.1) is 11.3 Å². The molecule has 34 heavy (non-hydrogen) atoms. The molecule has 4 atom stereocenters. The second-order valence-electron chi connectivity index (χ2n) is 9.36. The molecular weight excluding hydrogens is 453 g/mol. The van der Waals surface area contributed by atoms with Crippen molar-refractivity contribution in [3.63, 3.8) is 0 Å². The zero-order valence-electron chi connectivity index (χ0n) is 19.8. The molecule has 1 aromatic carbocycles. The van der Waals surface area contributed by atoms with Crippen molar-refractivity contribution in [3.8, 4) is 0 Å². The van der Waals surface area contributed by atoms with Crippen LogP contribution in [0.25, 0.3) is 0 Å². The fourth-order valence-corrected chi connectivity index (χ4v) is 4.62. The number of fused-ring (bicyclic) bond motifs is 1. The quantitative estimate of drug-likeness (QED) is 0.328. The third kappa shape index (κ3) is 4.44. The van der Waals surface area contributed by atoms with E-state index in [9.17, 15) is 22.8 Å². The Hall–Kier alpha value is -2.49. The lowest BCUT2D eigenvalue weighted by molar-refractivity contribution is -0.406. The van der Waals surface area contributed by atoms with E-state index >= 15 is 0 Å². The van der Waals surface area contributed by atoms with Crippen molar-refractivity contribution in [2.45, 2.75) is 57.6 Å². The highest BCUT2D eigenvalue weighted by atomic mass is 19.4. The number of alkyl halides is 3. The van der Waals surface area contributed by atoms with Gasteiger partial charge in [-0.05, 0) is 44.1 Å². The summed E-state index contributed by atoms with van der Waals surface area (Å²) in [6.07, 6.45) is -0.505. The van der Waals surface area contributed by atoms with Crippen LogP contribution in [0.2, 0.25) is 0 Å². The summed E-state index contributed by atoms with van der Waals surface area (Å²) < 4.78 is 51.7. The van der Waals surface area contributed by atoms with E-state index in [1.165, 1.54) is 30.4 Å². The number of halogens is 3. The van der Waals surface area contributed by atoms with E-state index < -0.39 is 41.5 Å². The molecule has 0 bridgehead atoms. The van der Waals surface area contributed by atoms with Crippen molar-refractivity contribution in [3.05, 3.63) is 59.7 Å². The van der Waals surface area contributed by atoms with Gasteiger partial charge in [0.2, 0.25) is 0 Å². The number of carbonyl (C=O) groups excluding carboxylic acids is 2. The zero-order valence-corrected chi connectivity index (χ0v) is 19.8. The Balaban J connectivity index is 1.74. The number of rotatable bonds is 6. The number of ether oxygens (including phenoxy) is 2. The fraction of sp³-hybridized carbons (Fsp3) is 0.520. The van der Waals surface area contributed by atoms with Gasteiger partial charge >= 0.3 is 12.1 Å². The Bertz CT molecular complexity index is 984. The summed E-state index contributed by atoms with van der Waals surface area (Å²) in [5.74, 6) is -1.78. The van der Waals surface area contributed by atoms with E-state index in [-0.39, 0.29) is 17.3 Å². The van der Waals surface area contributed by atoms with E-state index in [0.717, 1.165) is 19.2 Å². The maximum atomic E-state index is 14.0. The Morgan fingerprint density at radius 3 is 2.44 bits per heavy atom. The largest absolute Gasteiger partial charge is 0.459 e. The summed E-state index contributed by atoms with van der Waals surface area (Å²) in [5, 5.41) is 0. The number of hydrogen-bond donors (Lipinski definition) is 0.